The highest BCUT2D eigenvalue weighted by Crippen LogP contribution is 2.90. The topological polar surface area (TPSA) is 239 Å². The molecule has 4 aliphatic carbocycles. The third-order valence-electron chi connectivity index (χ3n) is 15.7. The van der Waals surface area contributed by atoms with Crippen LogP contribution in [0, 0.1) is 34.0 Å². The van der Waals surface area contributed by atoms with E-state index in [2.05, 4.69) is 0 Å². The van der Waals surface area contributed by atoms with E-state index in [0.29, 0.717) is 6.42 Å². The number of ether oxygens (including phenoxy) is 9. The summed E-state index contributed by atoms with van der Waals surface area (Å²) >= 11 is 0. The number of hydrogen-bond donors (Lipinski definition) is 2. The Kier molecular flexibility index (Phi) is 9.37. The lowest BCUT2D eigenvalue weighted by atomic mass is 9.32. The maximum Gasteiger partial charge on any atom is 0.338 e. The van der Waals surface area contributed by atoms with Crippen LogP contribution in [0.25, 0.3) is 0 Å². The van der Waals surface area contributed by atoms with Gasteiger partial charge in [-0.05, 0) is 24.8 Å². The van der Waals surface area contributed by atoms with Crippen molar-refractivity contribution in [3.8, 4) is 0 Å². The Balaban J connectivity index is 1.61. The van der Waals surface area contributed by atoms with Crippen LogP contribution < -0.4 is 0 Å². The Morgan fingerprint density at radius 3 is 2.10 bits per heavy atom. The van der Waals surface area contributed by atoms with Gasteiger partial charge in [0.2, 0.25) is 0 Å². The summed E-state index contributed by atoms with van der Waals surface area (Å²) in [4.78, 5) is 83.9. The van der Waals surface area contributed by atoms with E-state index in [1.54, 1.807) is 41.5 Å². The average Bonchev–Trinajstić information content (AvgIpc) is 3.88. The second kappa shape index (κ2) is 13.3. The molecule has 0 radical (unpaired) electrons. The van der Waals surface area contributed by atoms with Crippen molar-refractivity contribution in [2.45, 2.75) is 154 Å². The van der Waals surface area contributed by atoms with Gasteiger partial charge < -0.3 is 57.3 Å². The van der Waals surface area contributed by atoms with Gasteiger partial charge in [0.15, 0.2) is 35.1 Å². The van der Waals surface area contributed by atoms with Crippen LogP contribution in [0.3, 0.4) is 0 Å². The van der Waals surface area contributed by atoms with E-state index in [0.717, 1.165) is 20.8 Å². The Bertz CT molecular complexity index is 2130. The van der Waals surface area contributed by atoms with Crippen LogP contribution in [0.1, 0.15) is 107 Å². The Labute approximate surface area is 351 Å². The van der Waals surface area contributed by atoms with E-state index >= 15 is 0 Å². The minimum absolute atomic E-state index is 0.168. The maximum atomic E-state index is 14.8. The van der Waals surface area contributed by atoms with Gasteiger partial charge in [-0.1, -0.05) is 41.5 Å². The number of esters is 6. The fourth-order valence-corrected chi connectivity index (χ4v) is 13.8. The third-order valence-corrected chi connectivity index (χ3v) is 15.7. The fraction of sp³-hybridized carbons (Fsp3) is 0.721. The van der Waals surface area contributed by atoms with Gasteiger partial charge in [-0.2, -0.15) is 0 Å². The predicted octanol–water partition coefficient (Wildman–Crippen LogP) is 3.81. The van der Waals surface area contributed by atoms with Crippen LogP contribution in [-0.4, -0.2) is 106 Å². The zero-order valence-corrected chi connectivity index (χ0v) is 36.1. The van der Waals surface area contributed by atoms with Gasteiger partial charge in [0.25, 0.3) is 5.97 Å². The number of aliphatic hydroxyl groups excluding tert-OH is 1. The molecular weight excluding hydrogens is 804 g/mol. The molecule has 18 heteroatoms. The number of aliphatic hydroxyl groups is 2. The van der Waals surface area contributed by atoms with Crippen LogP contribution in [-0.2, 0) is 71.4 Å². The first kappa shape index (κ1) is 43.1. The molecule has 2 spiro atoms. The van der Waals surface area contributed by atoms with E-state index in [9.17, 15) is 39.0 Å². The summed E-state index contributed by atoms with van der Waals surface area (Å²) < 4.78 is 64.1. The molecule has 2 unspecified atom stereocenters. The van der Waals surface area contributed by atoms with E-state index in [1.165, 1.54) is 32.6 Å². The average molecular weight is 859 g/mol. The zero-order chi connectivity index (χ0) is 44.8. The van der Waals surface area contributed by atoms with E-state index in [4.69, 9.17) is 47.0 Å². The molecule has 18 nitrogen and oxygen atoms in total. The molecule has 1 aromatic heterocycles. The Hall–Kier alpha value is -4.52. The number of methoxy groups -OCH3 is 1. The summed E-state index contributed by atoms with van der Waals surface area (Å²) in [5.74, 6) is -11.5. The van der Waals surface area contributed by atoms with E-state index < -0.39 is 146 Å². The number of allylic oxidation sites excluding steroid dienone is 1. The molecule has 3 aliphatic heterocycles. The summed E-state index contributed by atoms with van der Waals surface area (Å²) in [5, 5.41) is 26.3. The minimum Gasteiger partial charge on any atom is -0.512 e. The molecule has 7 fully saturated rings. The smallest absolute Gasteiger partial charge is 0.338 e. The molecular formula is C43H54O18. The SMILES string of the molecule is CC/C(O)=C1/C(=O)O[C@@H](c2ccoc2)[C@@]2(C)[C@@H]1[C@@]13O[C@@]4(C)O[C@@]56CC(C)([C@H](OC(=O)C(C)CC)[C@]5(O)[C@H]1OC(C)=O)[C@H](CC(=O)OC)[C@@]6(C)[C@@]3(O4)[C@H](OC(C)=O)[C@@H]2OC(C)=O. The first-order valence-electron chi connectivity index (χ1n) is 20.7. The summed E-state index contributed by atoms with van der Waals surface area (Å²) in [7, 11) is 1.19. The molecule has 61 heavy (non-hydrogen) atoms. The molecule has 7 aliphatic rings. The normalized spacial score (nSPS) is 47.0. The number of furan rings is 1. The van der Waals surface area contributed by atoms with Crippen LogP contribution in [0.5, 0.6) is 0 Å². The van der Waals surface area contributed by atoms with E-state index in [-0.39, 0.29) is 18.4 Å². The maximum absolute atomic E-state index is 14.8. The summed E-state index contributed by atoms with van der Waals surface area (Å²) in [6.07, 6.45) is -6.44. The molecule has 16 atom stereocenters. The summed E-state index contributed by atoms with van der Waals surface area (Å²) in [6, 6.07) is 1.51. The second-order valence-corrected chi connectivity index (χ2v) is 18.6. The van der Waals surface area contributed by atoms with Gasteiger partial charge >= 0.3 is 35.8 Å². The van der Waals surface area contributed by atoms with Crippen molar-refractivity contribution < 1.29 is 86.0 Å². The van der Waals surface area contributed by atoms with Crippen molar-refractivity contribution in [3.63, 3.8) is 0 Å². The van der Waals surface area contributed by atoms with Crippen molar-refractivity contribution in [2.24, 2.45) is 34.0 Å². The van der Waals surface area contributed by atoms with Crippen molar-refractivity contribution in [2.75, 3.05) is 7.11 Å². The lowest BCUT2D eigenvalue weighted by molar-refractivity contribution is -0.490. The van der Waals surface area contributed by atoms with E-state index in [1.807, 2.05) is 0 Å². The minimum atomic E-state index is -2.63. The lowest BCUT2D eigenvalue weighted by Crippen LogP contribution is -2.97. The number of carbonyl (C=O) groups excluding carboxylic acids is 6. The second-order valence-electron chi connectivity index (χ2n) is 18.6. The first-order chi connectivity index (χ1) is 28.4. The summed E-state index contributed by atoms with van der Waals surface area (Å²) in [5.41, 5.74) is -15.0. The summed E-state index contributed by atoms with van der Waals surface area (Å²) in [6.45, 7) is 14.7. The van der Waals surface area contributed by atoms with Crippen molar-refractivity contribution >= 4 is 35.8 Å². The molecule has 1 aromatic rings. The number of carbonyl (C=O) groups is 6. The molecule has 2 N–H and O–H groups in total. The van der Waals surface area contributed by atoms with Crippen LogP contribution in [0.2, 0.25) is 0 Å². The third kappa shape index (κ3) is 4.77. The van der Waals surface area contributed by atoms with Gasteiger partial charge in [0.05, 0.1) is 36.5 Å². The van der Waals surface area contributed by atoms with Crippen LogP contribution >= 0.6 is 0 Å². The monoisotopic (exact) mass is 858 g/mol. The fourth-order valence-electron chi connectivity index (χ4n) is 13.8. The predicted molar refractivity (Wildman–Crippen MR) is 201 cm³/mol. The van der Waals surface area contributed by atoms with Crippen molar-refractivity contribution in [3.05, 3.63) is 35.5 Å². The number of cyclic esters (lactones) is 1. The Morgan fingerprint density at radius 2 is 1.54 bits per heavy atom. The highest BCUT2D eigenvalue weighted by atomic mass is 16.9. The molecule has 0 aromatic carbocycles. The van der Waals surface area contributed by atoms with Crippen LogP contribution in [0.15, 0.2) is 34.3 Å². The van der Waals surface area contributed by atoms with Crippen molar-refractivity contribution in [1.29, 1.82) is 0 Å². The molecule has 4 heterocycles. The van der Waals surface area contributed by atoms with Crippen LogP contribution in [0.4, 0.5) is 0 Å². The number of fused-ring (bicyclic) bond motifs is 3. The van der Waals surface area contributed by atoms with Gasteiger partial charge in [0.1, 0.15) is 23.6 Å². The van der Waals surface area contributed by atoms with Crippen molar-refractivity contribution in [1.82, 2.24) is 0 Å². The molecule has 3 saturated heterocycles. The first-order valence-corrected chi connectivity index (χ1v) is 20.7. The molecule has 0 amide bonds. The largest absolute Gasteiger partial charge is 0.512 e. The highest BCUT2D eigenvalue weighted by molar-refractivity contribution is 5.92. The molecule has 4 bridgehead atoms. The standard InChI is InChI=1S/C43H54O18/c1-12-19(3)32(49)58-34-36(7)18-40-38(9,25(36)16-26(48)52-11)43-31(55-21(5)45)30(54-20(4)44)37(8)28(27(24(47)13-2)33(50)57-29(37)23-14-15-53-17-23)42(43,60-39(10,59-40)61-43)35(41(34,40)51)56-22(6)46/h14-15,17,19,25,28-31,34-35,47,51H,12-13,16,18H2,1-11H3/b27-24-/t19?,25-,28+,29-,30-,31+,34-,35+,36?,37+,38+,39+,40+,41-,42+,43-/m0/s1. The van der Waals surface area contributed by atoms with Gasteiger partial charge in [0, 0.05) is 62.8 Å². The van der Waals surface area contributed by atoms with Gasteiger partial charge in [-0.3, -0.25) is 24.0 Å². The van der Waals surface area contributed by atoms with Gasteiger partial charge in [-0.25, -0.2) is 4.79 Å². The number of hydrogen-bond acceptors (Lipinski definition) is 18. The molecule has 8 rings (SSSR count). The molecule has 334 valence electrons. The molecule has 4 saturated carbocycles. The quantitative estimate of drug-likeness (QED) is 0.147. The zero-order valence-electron chi connectivity index (χ0n) is 36.1. The highest BCUT2D eigenvalue weighted by Gasteiger charge is 3.07. The van der Waals surface area contributed by atoms with Gasteiger partial charge in [-0.15, -0.1) is 0 Å². The Morgan fingerprint density at radius 1 is 0.902 bits per heavy atom. The lowest BCUT2D eigenvalue weighted by Gasteiger charge is -2.78. The number of rotatable bonds is 10.